The molecule has 1 aliphatic rings. The molecule has 0 spiro atoms. The molecule has 0 N–H and O–H groups in total. The van der Waals surface area contributed by atoms with Crippen molar-refractivity contribution in [2.45, 2.75) is 13.3 Å². The second-order valence-electron chi connectivity index (χ2n) is 3.25. The van der Waals surface area contributed by atoms with Gasteiger partial charge in [-0.25, -0.2) is 0 Å². The van der Waals surface area contributed by atoms with Gasteiger partial charge in [-0.2, -0.15) is 0 Å². The molecule has 0 bridgehead atoms. The van der Waals surface area contributed by atoms with Crippen molar-refractivity contribution in [1.29, 1.82) is 0 Å². The molecular formula is C11H9ClO. The summed E-state index contributed by atoms with van der Waals surface area (Å²) in [6.45, 7) is 1.98. The largest absolute Gasteiger partial charge is 0.298 e. The van der Waals surface area contributed by atoms with E-state index >= 15 is 0 Å². The van der Waals surface area contributed by atoms with Crippen molar-refractivity contribution >= 4 is 23.5 Å². The van der Waals surface area contributed by atoms with Gasteiger partial charge in [-0.05, 0) is 41.3 Å². The van der Waals surface area contributed by atoms with Gasteiger partial charge >= 0.3 is 0 Å². The molecule has 66 valence electrons. The number of fused-ring (bicyclic) bond motifs is 1. The first-order valence-corrected chi connectivity index (χ1v) is 4.54. The normalized spacial score (nSPS) is 14.6. The quantitative estimate of drug-likeness (QED) is 0.626. The molecule has 2 rings (SSSR count). The molecule has 0 saturated heterocycles. The van der Waals surface area contributed by atoms with Crippen molar-refractivity contribution in [1.82, 2.24) is 0 Å². The highest BCUT2D eigenvalue weighted by atomic mass is 35.5. The maximum absolute atomic E-state index is 10.7. The molecule has 0 radical (unpaired) electrons. The first-order valence-electron chi connectivity index (χ1n) is 4.16. The van der Waals surface area contributed by atoms with E-state index in [1.165, 1.54) is 0 Å². The maximum atomic E-state index is 10.7. The zero-order valence-corrected chi connectivity index (χ0v) is 8.06. The van der Waals surface area contributed by atoms with Gasteiger partial charge in [-0.3, -0.25) is 4.79 Å². The predicted molar refractivity (Wildman–Crippen MR) is 53.8 cm³/mol. The minimum atomic E-state index is 0.727. The van der Waals surface area contributed by atoms with Gasteiger partial charge in [-0.1, -0.05) is 17.7 Å². The summed E-state index contributed by atoms with van der Waals surface area (Å²) in [6, 6.07) is 5.76. The lowest BCUT2D eigenvalue weighted by Crippen LogP contribution is -1.84. The monoisotopic (exact) mass is 192 g/mol. The molecule has 2 heteroatoms. The number of rotatable bonds is 1. The Kier molecular flexibility index (Phi) is 1.97. The fourth-order valence-corrected chi connectivity index (χ4v) is 1.91. The van der Waals surface area contributed by atoms with Gasteiger partial charge in [0.25, 0.3) is 0 Å². The van der Waals surface area contributed by atoms with E-state index in [0.717, 1.165) is 40.0 Å². The Bertz CT molecular complexity index is 405. The fourth-order valence-electron chi connectivity index (χ4n) is 1.72. The van der Waals surface area contributed by atoms with Crippen molar-refractivity contribution in [2.24, 2.45) is 0 Å². The predicted octanol–water partition coefficient (Wildman–Crippen LogP) is 2.87. The molecule has 0 aromatic heterocycles. The number of hydrogen-bond donors (Lipinski definition) is 0. The number of hydrogen-bond acceptors (Lipinski definition) is 1. The van der Waals surface area contributed by atoms with Gasteiger partial charge in [0.15, 0.2) is 0 Å². The van der Waals surface area contributed by atoms with Gasteiger partial charge in [0.05, 0.1) is 0 Å². The molecule has 1 nitrogen and oxygen atoms in total. The molecule has 1 aromatic rings. The van der Waals surface area contributed by atoms with E-state index in [4.69, 9.17) is 11.6 Å². The van der Waals surface area contributed by atoms with Crippen LogP contribution in [0.2, 0.25) is 5.02 Å². The van der Waals surface area contributed by atoms with Crippen molar-refractivity contribution in [3.05, 3.63) is 39.9 Å². The van der Waals surface area contributed by atoms with Crippen LogP contribution in [0.3, 0.4) is 0 Å². The van der Waals surface area contributed by atoms with Crippen LogP contribution in [0.15, 0.2) is 23.8 Å². The first kappa shape index (κ1) is 8.52. The van der Waals surface area contributed by atoms with Crippen LogP contribution in [0, 0.1) is 0 Å². The number of carbonyl (C=O) groups excluding carboxylic acids is 1. The first-order chi connectivity index (χ1) is 6.22. The second-order valence-corrected chi connectivity index (χ2v) is 3.68. The molecule has 0 atom stereocenters. The SMILES string of the molecule is CC1=C(C=O)Cc2cc(Cl)ccc21. The molecule has 13 heavy (non-hydrogen) atoms. The Labute approximate surface area is 82.0 Å². The Hall–Kier alpha value is -1.08. The summed E-state index contributed by atoms with van der Waals surface area (Å²) in [5.41, 5.74) is 4.28. The van der Waals surface area contributed by atoms with Gasteiger partial charge in [0.1, 0.15) is 6.29 Å². The van der Waals surface area contributed by atoms with Gasteiger partial charge in [0.2, 0.25) is 0 Å². The smallest absolute Gasteiger partial charge is 0.146 e. The Morgan fingerprint density at radius 1 is 1.46 bits per heavy atom. The van der Waals surface area contributed by atoms with E-state index in [1.807, 2.05) is 25.1 Å². The van der Waals surface area contributed by atoms with Crippen LogP contribution in [0.5, 0.6) is 0 Å². The third kappa shape index (κ3) is 1.29. The number of halogens is 1. The third-order valence-electron chi connectivity index (χ3n) is 2.48. The molecule has 0 saturated carbocycles. The minimum Gasteiger partial charge on any atom is -0.298 e. The van der Waals surface area contributed by atoms with E-state index in [1.54, 1.807) is 0 Å². The van der Waals surface area contributed by atoms with Crippen molar-refractivity contribution in [2.75, 3.05) is 0 Å². The molecule has 0 amide bonds. The molecular weight excluding hydrogens is 184 g/mol. The van der Waals surface area contributed by atoms with Crippen LogP contribution in [0.4, 0.5) is 0 Å². The molecule has 1 aliphatic carbocycles. The lowest BCUT2D eigenvalue weighted by atomic mass is 10.1. The van der Waals surface area contributed by atoms with Crippen LogP contribution in [-0.4, -0.2) is 6.29 Å². The Morgan fingerprint density at radius 3 is 2.92 bits per heavy atom. The van der Waals surface area contributed by atoms with Crippen LogP contribution in [0.1, 0.15) is 18.1 Å². The second kappa shape index (κ2) is 3.00. The van der Waals surface area contributed by atoms with Crippen LogP contribution in [-0.2, 0) is 11.2 Å². The molecule has 0 unspecified atom stereocenters. The van der Waals surface area contributed by atoms with Gasteiger partial charge in [-0.15, -0.1) is 0 Å². The van der Waals surface area contributed by atoms with E-state index in [2.05, 4.69) is 0 Å². The Morgan fingerprint density at radius 2 is 2.23 bits per heavy atom. The molecule has 0 aliphatic heterocycles. The van der Waals surface area contributed by atoms with Gasteiger partial charge in [0, 0.05) is 11.4 Å². The number of allylic oxidation sites excluding steroid dienone is 2. The molecule has 0 fully saturated rings. The van der Waals surface area contributed by atoms with Crippen molar-refractivity contribution in [3.63, 3.8) is 0 Å². The number of aldehydes is 1. The summed E-state index contributed by atoms with van der Waals surface area (Å²) in [4.78, 5) is 10.7. The average Bonchev–Trinajstić information content (AvgIpc) is 2.42. The van der Waals surface area contributed by atoms with Crippen LogP contribution < -0.4 is 0 Å². The number of carbonyl (C=O) groups is 1. The van der Waals surface area contributed by atoms with E-state index in [0.29, 0.717) is 0 Å². The standard InChI is InChI=1S/C11H9ClO/c1-7-9(6-13)4-8-5-10(12)2-3-11(7)8/h2-3,5-6H,4H2,1H3. The maximum Gasteiger partial charge on any atom is 0.146 e. The van der Waals surface area contributed by atoms with E-state index in [9.17, 15) is 4.79 Å². The zero-order valence-electron chi connectivity index (χ0n) is 7.30. The summed E-state index contributed by atoms with van der Waals surface area (Å²) >= 11 is 5.86. The molecule has 1 aromatic carbocycles. The fraction of sp³-hybridized carbons (Fsp3) is 0.182. The van der Waals surface area contributed by atoms with Gasteiger partial charge < -0.3 is 0 Å². The van der Waals surface area contributed by atoms with E-state index in [-0.39, 0.29) is 0 Å². The summed E-state index contributed by atoms with van der Waals surface area (Å²) in [5.74, 6) is 0. The van der Waals surface area contributed by atoms with Crippen LogP contribution >= 0.6 is 11.6 Å². The van der Waals surface area contributed by atoms with Crippen molar-refractivity contribution in [3.8, 4) is 0 Å². The zero-order chi connectivity index (χ0) is 9.42. The van der Waals surface area contributed by atoms with Crippen molar-refractivity contribution < 1.29 is 4.79 Å². The Balaban J connectivity index is 2.55. The lowest BCUT2D eigenvalue weighted by Gasteiger charge is -1.99. The summed E-state index contributed by atoms with van der Waals surface area (Å²) < 4.78 is 0. The number of benzene rings is 1. The highest BCUT2D eigenvalue weighted by Gasteiger charge is 2.17. The minimum absolute atomic E-state index is 0.727. The topological polar surface area (TPSA) is 17.1 Å². The summed E-state index contributed by atoms with van der Waals surface area (Å²) in [6.07, 6.45) is 1.66. The average molecular weight is 193 g/mol. The lowest BCUT2D eigenvalue weighted by molar-refractivity contribution is -0.104. The summed E-state index contributed by atoms with van der Waals surface area (Å²) in [7, 11) is 0. The van der Waals surface area contributed by atoms with E-state index < -0.39 is 0 Å². The highest BCUT2D eigenvalue weighted by Crippen LogP contribution is 2.32. The third-order valence-corrected chi connectivity index (χ3v) is 2.71. The summed E-state index contributed by atoms with van der Waals surface area (Å²) in [5, 5.41) is 0.735. The molecule has 0 heterocycles. The van der Waals surface area contributed by atoms with Crippen LogP contribution in [0.25, 0.3) is 5.57 Å². The highest BCUT2D eigenvalue weighted by molar-refractivity contribution is 6.30.